The van der Waals surface area contributed by atoms with Gasteiger partial charge in [0.05, 0.1) is 0 Å². The highest BCUT2D eigenvalue weighted by Gasteiger charge is 2.05. The number of aryl methyl sites for hydroxylation is 1. The predicted molar refractivity (Wildman–Crippen MR) is 88.9 cm³/mol. The first-order chi connectivity index (χ1) is 11.1. The minimum atomic E-state index is -0.370. The van der Waals surface area contributed by atoms with Crippen LogP contribution < -0.4 is 4.80 Å². The Labute approximate surface area is 137 Å². The van der Waals surface area contributed by atoms with Crippen LogP contribution in [0.1, 0.15) is 21.5 Å². The van der Waals surface area contributed by atoms with Crippen molar-refractivity contribution in [2.45, 2.75) is 13.5 Å². The summed E-state index contributed by atoms with van der Waals surface area (Å²) >= 11 is 1.40. The van der Waals surface area contributed by atoms with Crippen LogP contribution in [0.5, 0.6) is 0 Å². The lowest BCUT2D eigenvalue weighted by Crippen LogP contribution is -2.17. The third-order valence-electron chi connectivity index (χ3n) is 3.42. The Morgan fingerprint density at radius 2 is 1.83 bits per heavy atom. The predicted octanol–water partition coefficient (Wildman–Crippen LogP) is 3.79. The number of thiazole rings is 1. The molecule has 3 nitrogen and oxygen atoms in total. The van der Waals surface area contributed by atoms with Crippen molar-refractivity contribution in [2.24, 2.45) is 4.99 Å². The van der Waals surface area contributed by atoms with Gasteiger partial charge in [-0.25, -0.2) is 4.39 Å². The van der Waals surface area contributed by atoms with Gasteiger partial charge in [0.25, 0.3) is 5.91 Å². The van der Waals surface area contributed by atoms with Crippen molar-refractivity contribution in [1.29, 1.82) is 0 Å². The van der Waals surface area contributed by atoms with Crippen LogP contribution in [0, 0.1) is 12.7 Å². The molecule has 3 aromatic rings. The average Bonchev–Trinajstić information content (AvgIpc) is 2.97. The van der Waals surface area contributed by atoms with Crippen LogP contribution in [0.25, 0.3) is 0 Å². The van der Waals surface area contributed by atoms with Crippen LogP contribution in [0.2, 0.25) is 0 Å². The Balaban J connectivity index is 1.86. The van der Waals surface area contributed by atoms with Crippen molar-refractivity contribution >= 4 is 17.2 Å². The molecule has 0 aliphatic carbocycles. The third-order valence-corrected chi connectivity index (χ3v) is 4.22. The minimum Gasteiger partial charge on any atom is -0.319 e. The van der Waals surface area contributed by atoms with E-state index in [2.05, 4.69) is 29.3 Å². The van der Waals surface area contributed by atoms with E-state index >= 15 is 0 Å². The maximum Gasteiger partial charge on any atom is 0.279 e. The maximum atomic E-state index is 12.9. The zero-order chi connectivity index (χ0) is 16.2. The topological polar surface area (TPSA) is 34.4 Å². The SMILES string of the molecule is Cc1ccc(Cn2ccsc2=NC(=O)c2ccc(F)cc2)cc1. The summed E-state index contributed by atoms with van der Waals surface area (Å²) < 4.78 is 14.8. The zero-order valence-corrected chi connectivity index (χ0v) is 13.4. The molecule has 0 radical (unpaired) electrons. The Morgan fingerprint density at radius 3 is 2.52 bits per heavy atom. The van der Waals surface area contributed by atoms with Gasteiger partial charge in [0.15, 0.2) is 4.80 Å². The first-order valence-electron chi connectivity index (χ1n) is 7.16. The summed E-state index contributed by atoms with van der Waals surface area (Å²) in [6.07, 6.45) is 1.90. The first-order valence-corrected chi connectivity index (χ1v) is 8.04. The second-order valence-electron chi connectivity index (χ2n) is 5.22. The second kappa shape index (κ2) is 6.71. The van der Waals surface area contributed by atoms with E-state index in [0.29, 0.717) is 16.9 Å². The summed E-state index contributed by atoms with van der Waals surface area (Å²) in [6, 6.07) is 13.6. The maximum absolute atomic E-state index is 12.9. The number of aromatic nitrogens is 1. The molecule has 1 amide bonds. The van der Waals surface area contributed by atoms with Crippen molar-refractivity contribution in [1.82, 2.24) is 4.57 Å². The Hall–Kier alpha value is -2.53. The molecule has 2 aromatic carbocycles. The molecule has 1 heterocycles. The van der Waals surface area contributed by atoms with Crippen LogP contribution in [-0.2, 0) is 6.54 Å². The Morgan fingerprint density at radius 1 is 1.13 bits per heavy atom. The molecule has 0 N–H and O–H groups in total. The Bertz CT molecular complexity index is 876. The lowest BCUT2D eigenvalue weighted by atomic mass is 10.1. The summed E-state index contributed by atoms with van der Waals surface area (Å²) in [7, 11) is 0. The van der Waals surface area contributed by atoms with Crippen LogP contribution in [0.15, 0.2) is 65.1 Å². The van der Waals surface area contributed by atoms with Crippen molar-refractivity contribution < 1.29 is 9.18 Å². The normalized spacial score (nSPS) is 11.7. The number of rotatable bonds is 3. The van der Waals surface area contributed by atoms with Crippen molar-refractivity contribution in [3.8, 4) is 0 Å². The van der Waals surface area contributed by atoms with E-state index in [9.17, 15) is 9.18 Å². The lowest BCUT2D eigenvalue weighted by molar-refractivity contribution is 0.0997. The minimum absolute atomic E-state index is 0.368. The fourth-order valence-electron chi connectivity index (χ4n) is 2.14. The summed E-state index contributed by atoms with van der Waals surface area (Å²) in [6.45, 7) is 2.70. The largest absolute Gasteiger partial charge is 0.319 e. The highest BCUT2D eigenvalue weighted by atomic mass is 32.1. The molecule has 0 unspecified atom stereocenters. The van der Waals surface area contributed by atoms with Gasteiger partial charge in [-0.15, -0.1) is 11.3 Å². The van der Waals surface area contributed by atoms with Gasteiger partial charge in [-0.05, 0) is 36.8 Å². The molecular weight excluding hydrogens is 311 g/mol. The first kappa shape index (κ1) is 15.4. The van der Waals surface area contributed by atoms with Crippen molar-refractivity contribution in [2.75, 3.05) is 0 Å². The van der Waals surface area contributed by atoms with Crippen LogP contribution in [-0.4, -0.2) is 10.5 Å². The van der Waals surface area contributed by atoms with Gasteiger partial charge in [0.1, 0.15) is 5.82 Å². The molecule has 0 saturated carbocycles. The molecule has 0 bridgehead atoms. The lowest BCUT2D eigenvalue weighted by Gasteiger charge is -2.03. The van der Waals surface area contributed by atoms with Crippen molar-refractivity contribution in [3.05, 3.63) is 87.4 Å². The van der Waals surface area contributed by atoms with E-state index < -0.39 is 0 Å². The van der Waals surface area contributed by atoms with E-state index in [-0.39, 0.29) is 11.7 Å². The van der Waals surface area contributed by atoms with Crippen LogP contribution in [0.4, 0.5) is 4.39 Å². The standard InChI is InChI=1S/C18H15FN2OS/c1-13-2-4-14(5-3-13)12-21-10-11-23-18(21)20-17(22)15-6-8-16(19)9-7-15/h2-11H,12H2,1H3. The van der Waals surface area contributed by atoms with Gasteiger partial charge in [0.2, 0.25) is 0 Å². The summed E-state index contributed by atoms with van der Waals surface area (Å²) in [5, 5.41) is 1.89. The van der Waals surface area contributed by atoms with Gasteiger partial charge in [0, 0.05) is 23.7 Å². The molecule has 1 aromatic heterocycles. The van der Waals surface area contributed by atoms with Gasteiger partial charge >= 0.3 is 0 Å². The summed E-state index contributed by atoms with van der Waals surface area (Å²) in [5.74, 6) is -0.739. The van der Waals surface area contributed by atoms with Crippen LogP contribution >= 0.6 is 11.3 Å². The number of carbonyl (C=O) groups excluding carboxylic acids is 1. The smallest absolute Gasteiger partial charge is 0.279 e. The number of benzene rings is 2. The number of hydrogen-bond donors (Lipinski definition) is 0. The zero-order valence-electron chi connectivity index (χ0n) is 12.6. The molecular formula is C18H15FN2OS. The molecule has 0 aliphatic heterocycles. The number of hydrogen-bond acceptors (Lipinski definition) is 2. The van der Waals surface area contributed by atoms with E-state index in [4.69, 9.17) is 0 Å². The van der Waals surface area contributed by atoms with Gasteiger partial charge in [-0.3, -0.25) is 4.79 Å². The van der Waals surface area contributed by atoms with Crippen LogP contribution in [0.3, 0.4) is 0 Å². The monoisotopic (exact) mass is 326 g/mol. The number of amides is 1. The molecule has 0 fully saturated rings. The molecule has 0 spiro atoms. The molecule has 116 valence electrons. The quantitative estimate of drug-likeness (QED) is 0.721. The fraction of sp³-hybridized carbons (Fsp3) is 0.111. The van der Waals surface area contributed by atoms with E-state index in [1.165, 1.54) is 41.2 Å². The Kier molecular flexibility index (Phi) is 4.48. The second-order valence-corrected chi connectivity index (χ2v) is 6.10. The highest BCUT2D eigenvalue weighted by molar-refractivity contribution is 7.07. The number of halogens is 1. The van der Waals surface area contributed by atoms with Gasteiger partial charge in [-0.1, -0.05) is 29.8 Å². The highest BCUT2D eigenvalue weighted by Crippen LogP contribution is 2.07. The summed E-state index contributed by atoms with van der Waals surface area (Å²) in [4.78, 5) is 17.0. The van der Waals surface area contributed by atoms with E-state index in [1.54, 1.807) is 0 Å². The van der Waals surface area contributed by atoms with E-state index in [0.717, 1.165) is 5.56 Å². The van der Waals surface area contributed by atoms with Gasteiger partial charge in [-0.2, -0.15) is 4.99 Å². The molecule has 5 heteroatoms. The molecule has 3 rings (SSSR count). The average molecular weight is 326 g/mol. The number of carbonyl (C=O) groups is 1. The molecule has 0 saturated heterocycles. The molecule has 0 atom stereocenters. The fourth-order valence-corrected chi connectivity index (χ4v) is 2.87. The van der Waals surface area contributed by atoms with Gasteiger partial charge < -0.3 is 4.57 Å². The molecule has 23 heavy (non-hydrogen) atoms. The molecule has 0 aliphatic rings. The summed E-state index contributed by atoms with van der Waals surface area (Å²) in [5.41, 5.74) is 2.73. The van der Waals surface area contributed by atoms with E-state index in [1.807, 2.05) is 23.1 Å². The number of nitrogens with zero attached hydrogens (tertiary/aromatic N) is 2. The van der Waals surface area contributed by atoms with Crippen molar-refractivity contribution in [3.63, 3.8) is 0 Å². The third kappa shape index (κ3) is 3.81.